The second-order valence-electron chi connectivity index (χ2n) is 2.15. The summed E-state index contributed by atoms with van der Waals surface area (Å²) in [6.07, 6.45) is 0. The fourth-order valence-electron chi connectivity index (χ4n) is 0.784. The third-order valence-electron chi connectivity index (χ3n) is 1.31. The molecule has 2 N–H and O–H groups in total. The van der Waals surface area contributed by atoms with Crippen molar-refractivity contribution >= 4 is 26.4 Å². The number of benzene rings is 1. The van der Waals surface area contributed by atoms with Gasteiger partial charge in [0.2, 0.25) is 0 Å². The molecule has 0 aromatic heterocycles. The normalized spacial score (nSPS) is 11.2. The summed E-state index contributed by atoms with van der Waals surface area (Å²) >= 11 is 2.61. The molecule has 0 saturated carbocycles. The Morgan fingerprint density at radius 3 is 2.42 bits per heavy atom. The van der Waals surface area contributed by atoms with E-state index in [-0.39, 0.29) is 0 Å². The third-order valence-corrected chi connectivity index (χ3v) is 1.50. The molecule has 0 unspecified atom stereocenters. The molecular weight excluding hydrogens is 219 g/mol. The number of hydrogen-bond acceptors (Lipinski definition) is 2. The van der Waals surface area contributed by atoms with E-state index in [1.54, 1.807) is 7.11 Å². The van der Waals surface area contributed by atoms with Crippen molar-refractivity contribution in [3.63, 3.8) is 0 Å². The number of hydrogen-bond donors (Lipinski definition) is 1. The first-order chi connectivity index (χ1) is 5.72. The number of aliphatic imine (C=N–C) groups is 1. The predicted octanol–water partition coefficient (Wildman–Crippen LogP) is 0.810. The van der Waals surface area contributed by atoms with E-state index in [0.29, 0.717) is 4.73 Å². The van der Waals surface area contributed by atoms with Gasteiger partial charge in [0.1, 0.15) is 0 Å². The van der Waals surface area contributed by atoms with Gasteiger partial charge in [-0.3, -0.25) is 0 Å². The van der Waals surface area contributed by atoms with Crippen LogP contribution in [0, 0.1) is 0 Å². The van der Waals surface area contributed by atoms with Gasteiger partial charge in [-0.05, 0) is 0 Å². The van der Waals surface area contributed by atoms with Crippen molar-refractivity contribution in [2.24, 2.45) is 10.7 Å². The summed E-state index contributed by atoms with van der Waals surface area (Å²) in [5.74, 6) is 0.813. The van der Waals surface area contributed by atoms with E-state index in [1.165, 1.54) is 0 Å². The van der Waals surface area contributed by atoms with Crippen LogP contribution in [0.2, 0.25) is 0 Å². The van der Waals surface area contributed by atoms with Gasteiger partial charge in [-0.1, -0.05) is 0 Å². The minimum atomic E-state index is 0.431. The van der Waals surface area contributed by atoms with Crippen LogP contribution in [0.5, 0.6) is 5.75 Å². The molecule has 0 fully saturated rings. The number of methoxy groups -OCH3 is 1. The summed E-state index contributed by atoms with van der Waals surface area (Å²) in [7, 11) is 1.63. The first kappa shape index (κ1) is 9.10. The first-order valence-electron chi connectivity index (χ1n) is 3.37. The standard InChI is InChI=1S/C8H9N2OSe/c1-11-7-4-2-6(3-5-7)10-8(9)12/h2-5H,1H3,(H2,9,10). The summed E-state index contributed by atoms with van der Waals surface area (Å²) in [5, 5.41) is 0. The Hall–Kier alpha value is -0.991. The molecule has 0 aliphatic carbocycles. The zero-order valence-electron chi connectivity index (χ0n) is 6.65. The molecule has 0 saturated heterocycles. The molecule has 0 heterocycles. The van der Waals surface area contributed by atoms with Crippen LogP contribution in [0.15, 0.2) is 29.3 Å². The van der Waals surface area contributed by atoms with Gasteiger partial charge in [-0.15, -0.1) is 0 Å². The Kier molecular flexibility index (Phi) is 3.14. The number of amidine groups is 1. The van der Waals surface area contributed by atoms with Gasteiger partial charge >= 0.3 is 79.0 Å². The van der Waals surface area contributed by atoms with Gasteiger partial charge in [0.25, 0.3) is 0 Å². The van der Waals surface area contributed by atoms with E-state index >= 15 is 0 Å². The van der Waals surface area contributed by atoms with E-state index in [4.69, 9.17) is 10.5 Å². The molecule has 1 radical (unpaired) electrons. The van der Waals surface area contributed by atoms with Crippen LogP contribution in [0.4, 0.5) is 5.69 Å². The van der Waals surface area contributed by atoms with Crippen LogP contribution in [0.1, 0.15) is 0 Å². The second-order valence-corrected chi connectivity index (χ2v) is 3.03. The SMILES string of the molecule is COc1ccc(N=C(N)[Se])cc1. The quantitative estimate of drug-likeness (QED) is 0.462. The van der Waals surface area contributed by atoms with E-state index in [0.717, 1.165) is 11.4 Å². The van der Waals surface area contributed by atoms with Crippen LogP contribution in [0.25, 0.3) is 0 Å². The van der Waals surface area contributed by atoms with Crippen molar-refractivity contribution in [1.82, 2.24) is 0 Å². The van der Waals surface area contributed by atoms with Crippen molar-refractivity contribution < 1.29 is 4.74 Å². The van der Waals surface area contributed by atoms with Gasteiger partial charge in [-0.25, -0.2) is 0 Å². The van der Waals surface area contributed by atoms with Gasteiger partial charge in [0.15, 0.2) is 0 Å². The second kappa shape index (κ2) is 4.14. The van der Waals surface area contributed by atoms with Gasteiger partial charge in [-0.2, -0.15) is 0 Å². The minimum absolute atomic E-state index is 0.431. The number of rotatable bonds is 2. The topological polar surface area (TPSA) is 47.6 Å². The third kappa shape index (κ3) is 2.57. The van der Waals surface area contributed by atoms with Crippen molar-refractivity contribution in [1.29, 1.82) is 0 Å². The molecule has 1 aromatic carbocycles. The fraction of sp³-hybridized carbons (Fsp3) is 0.125. The van der Waals surface area contributed by atoms with E-state index < -0.39 is 0 Å². The molecule has 12 heavy (non-hydrogen) atoms. The summed E-state index contributed by atoms with van der Waals surface area (Å²) in [6.45, 7) is 0. The molecule has 1 aromatic rings. The summed E-state index contributed by atoms with van der Waals surface area (Å²) < 4.78 is 5.42. The molecule has 3 nitrogen and oxygen atoms in total. The van der Waals surface area contributed by atoms with E-state index in [9.17, 15) is 0 Å². The molecule has 1 rings (SSSR count). The van der Waals surface area contributed by atoms with Crippen LogP contribution in [-0.4, -0.2) is 27.9 Å². The Balaban J connectivity index is 2.85. The zero-order chi connectivity index (χ0) is 8.97. The molecule has 0 atom stereocenters. The van der Waals surface area contributed by atoms with Gasteiger partial charge < -0.3 is 0 Å². The number of nitrogens with two attached hydrogens (primary N) is 1. The predicted molar refractivity (Wildman–Crippen MR) is 50.0 cm³/mol. The van der Waals surface area contributed by atoms with Gasteiger partial charge in [0, 0.05) is 0 Å². The van der Waals surface area contributed by atoms with Crippen LogP contribution < -0.4 is 10.5 Å². The maximum absolute atomic E-state index is 5.36. The van der Waals surface area contributed by atoms with E-state index in [1.807, 2.05) is 24.3 Å². The molecule has 0 bridgehead atoms. The molecule has 4 heteroatoms. The number of nitrogens with zero attached hydrogens (tertiary/aromatic N) is 1. The summed E-state index contributed by atoms with van der Waals surface area (Å²) in [4.78, 5) is 4.02. The van der Waals surface area contributed by atoms with E-state index in [2.05, 4.69) is 21.0 Å². The van der Waals surface area contributed by atoms with Crippen molar-refractivity contribution in [2.75, 3.05) is 7.11 Å². The zero-order valence-corrected chi connectivity index (χ0v) is 8.36. The van der Waals surface area contributed by atoms with Crippen LogP contribution in [0.3, 0.4) is 0 Å². The molecule has 0 amide bonds. The van der Waals surface area contributed by atoms with Crippen molar-refractivity contribution in [2.45, 2.75) is 0 Å². The average Bonchev–Trinajstić information content (AvgIpc) is 2.05. The maximum atomic E-state index is 5.36. The Bertz CT molecular complexity index is 278. The Morgan fingerprint density at radius 1 is 1.42 bits per heavy atom. The molecule has 63 valence electrons. The Morgan fingerprint density at radius 2 is 2.00 bits per heavy atom. The van der Waals surface area contributed by atoms with Crippen molar-refractivity contribution in [3.8, 4) is 5.75 Å². The van der Waals surface area contributed by atoms with Crippen LogP contribution in [-0.2, 0) is 0 Å². The molecule has 0 aliphatic rings. The first-order valence-corrected chi connectivity index (χ1v) is 4.23. The van der Waals surface area contributed by atoms with Gasteiger partial charge in [0.05, 0.1) is 0 Å². The molecule has 0 aliphatic heterocycles. The molecular formula is C8H9N2OSe. The van der Waals surface area contributed by atoms with Crippen molar-refractivity contribution in [3.05, 3.63) is 24.3 Å². The monoisotopic (exact) mass is 229 g/mol. The summed E-state index contributed by atoms with van der Waals surface area (Å²) in [6, 6.07) is 7.34. The number of ether oxygens (including phenoxy) is 1. The van der Waals surface area contributed by atoms with Crippen LogP contribution >= 0.6 is 0 Å². The summed E-state index contributed by atoms with van der Waals surface area (Å²) in [5.41, 5.74) is 6.17. The molecule has 0 spiro atoms. The Labute approximate surface area is 79.4 Å². The average molecular weight is 228 g/mol. The fourth-order valence-corrected chi connectivity index (χ4v) is 1.01.